The Morgan fingerprint density at radius 2 is 1.71 bits per heavy atom. The van der Waals surface area contributed by atoms with Crippen molar-refractivity contribution in [3.05, 3.63) is 23.8 Å². The van der Waals surface area contributed by atoms with Gasteiger partial charge < -0.3 is 5.32 Å². The van der Waals surface area contributed by atoms with E-state index in [0.717, 1.165) is 24.1 Å². The molecule has 1 aromatic rings. The standard InChI is InChI=1S/C16H28N2O2S/c1-4-5-6-7-8-9-12-17-15-10-11-16(14(2)13-15)18-21(3,19)20/h10-11,13,17-18H,4-9,12H2,1-3H3. The van der Waals surface area contributed by atoms with Crippen molar-refractivity contribution in [2.75, 3.05) is 22.8 Å². The fraction of sp³-hybridized carbons (Fsp3) is 0.625. The molecule has 1 rings (SSSR count). The molecule has 0 saturated heterocycles. The third-order valence-electron chi connectivity index (χ3n) is 3.38. The molecule has 1 aromatic carbocycles. The lowest BCUT2D eigenvalue weighted by molar-refractivity contribution is 0.607. The zero-order chi connectivity index (χ0) is 15.7. The minimum Gasteiger partial charge on any atom is -0.385 e. The van der Waals surface area contributed by atoms with Crippen LogP contribution in [-0.4, -0.2) is 21.2 Å². The molecule has 4 nitrogen and oxygen atoms in total. The van der Waals surface area contributed by atoms with Crippen molar-refractivity contribution in [1.29, 1.82) is 0 Å². The minimum atomic E-state index is -3.21. The van der Waals surface area contributed by atoms with E-state index in [0.29, 0.717) is 5.69 Å². The highest BCUT2D eigenvalue weighted by atomic mass is 32.2. The van der Waals surface area contributed by atoms with E-state index in [9.17, 15) is 8.42 Å². The highest BCUT2D eigenvalue weighted by molar-refractivity contribution is 7.92. The van der Waals surface area contributed by atoms with E-state index in [1.54, 1.807) is 6.07 Å². The number of nitrogens with one attached hydrogen (secondary N) is 2. The van der Waals surface area contributed by atoms with Crippen LogP contribution in [0.15, 0.2) is 18.2 Å². The van der Waals surface area contributed by atoms with Crippen LogP contribution in [0.25, 0.3) is 0 Å². The molecule has 0 spiro atoms. The van der Waals surface area contributed by atoms with E-state index >= 15 is 0 Å². The maximum absolute atomic E-state index is 11.2. The van der Waals surface area contributed by atoms with Crippen LogP contribution >= 0.6 is 0 Å². The summed E-state index contributed by atoms with van der Waals surface area (Å²) in [5.74, 6) is 0. The fourth-order valence-electron chi connectivity index (χ4n) is 2.23. The molecule has 120 valence electrons. The van der Waals surface area contributed by atoms with Gasteiger partial charge in [-0.25, -0.2) is 8.42 Å². The van der Waals surface area contributed by atoms with Crippen molar-refractivity contribution in [2.24, 2.45) is 0 Å². The molecule has 0 aromatic heterocycles. The topological polar surface area (TPSA) is 58.2 Å². The summed E-state index contributed by atoms with van der Waals surface area (Å²) >= 11 is 0. The van der Waals surface area contributed by atoms with E-state index < -0.39 is 10.0 Å². The predicted molar refractivity (Wildman–Crippen MR) is 91.5 cm³/mol. The van der Waals surface area contributed by atoms with Crippen molar-refractivity contribution in [1.82, 2.24) is 0 Å². The maximum Gasteiger partial charge on any atom is 0.229 e. The lowest BCUT2D eigenvalue weighted by atomic mass is 10.1. The lowest BCUT2D eigenvalue weighted by Gasteiger charge is -2.11. The van der Waals surface area contributed by atoms with Gasteiger partial charge in [-0.3, -0.25) is 4.72 Å². The molecule has 0 atom stereocenters. The number of rotatable bonds is 10. The van der Waals surface area contributed by atoms with E-state index in [-0.39, 0.29) is 0 Å². The first kappa shape index (κ1) is 17.8. The Labute approximate surface area is 129 Å². The van der Waals surface area contributed by atoms with Gasteiger partial charge in [0.15, 0.2) is 0 Å². The molecule has 0 saturated carbocycles. The fourth-order valence-corrected chi connectivity index (χ4v) is 2.85. The SMILES string of the molecule is CCCCCCCCNc1ccc(NS(C)(=O)=O)c(C)c1. The molecule has 0 aliphatic carbocycles. The van der Waals surface area contributed by atoms with Gasteiger partial charge in [-0.1, -0.05) is 39.0 Å². The summed E-state index contributed by atoms with van der Waals surface area (Å²) in [7, 11) is -3.21. The number of unbranched alkanes of at least 4 members (excludes halogenated alkanes) is 5. The van der Waals surface area contributed by atoms with Crippen molar-refractivity contribution in [2.45, 2.75) is 52.4 Å². The Morgan fingerprint density at radius 3 is 2.33 bits per heavy atom. The maximum atomic E-state index is 11.2. The molecule has 0 fully saturated rings. The van der Waals surface area contributed by atoms with Gasteiger partial charge in [0.05, 0.1) is 11.9 Å². The number of anilines is 2. The van der Waals surface area contributed by atoms with E-state index in [1.165, 1.54) is 38.5 Å². The summed E-state index contributed by atoms with van der Waals surface area (Å²) in [6.07, 6.45) is 8.86. The molecule has 0 radical (unpaired) electrons. The zero-order valence-electron chi connectivity index (χ0n) is 13.4. The van der Waals surface area contributed by atoms with Gasteiger partial charge in [-0.2, -0.15) is 0 Å². The van der Waals surface area contributed by atoms with Gasteiger partial charge >= 0.3 is 0 Å². The van der Waals surface area contributed by atoms with E-state index in [4.69, 9.17) is 0 Å². The first-order valence-electron chi connectivity index (χ1n) is 7.74. The molecular weight excluding hydrogens is 284 g/mol. The number of aryl methyl sites for hydroxylation is 1. The summed E-state index contributed by atoms with van der Waals surface area (Å²) < 4.78 is 25.0. The average Bonchev–Trinajstić information content (AvgIpc) is 2.39. The molecule has 21 heavy (non-hydrogen) atoms. The molecule has 0 aliphatic rings. The smallest absolute Gasteiger partial charge is 0.229 e. The van der Waals surface area contributed by atoms with Crippen molar-refractivity contribution < 1.29 is 8.42 Å². The van der Waals surface area contributed by atoms with Crippen molar-refractivity contribution >= 4 is 21.4 Å². The first-order valence-corrected chi connectivity index (χ1v) is 9.64. The highest BCUT2D eigenvalue weighted by Crippen LogP contribution is 2.20. The van der Waals surface area contributed by atoms with E-state index in [2.05, 4.69) is 17.0 Å². The summed E-state index contributed by atoms with van der Waals surface area (Å²) in [5.41, 5.74) is 2.61. The van der Waals surface area contributed by atoms with Crippen LogP contribution in [0, 0.1) is 6.92 Å². The van der Waals surface area contributed by atoms with Gasteiger partial charge in [0.2, 0.25) is 10.0 Å². The second kappa shape index (κ2) is 8.93. The number of sulfonamides is 1. The van der Waals surface area contributed by atoms with Crippen LogP contribution < -0.4 is 10.0 Å². The van der Waals surface area contributed by atoms with Gasteiger partial charge in [0.1, 0.15) is 0 Å². The van der Waals surface area contributed by atoms with Gasteiger partial charge in [-0.05, 0) is 37.1 Å². The molecule has 2 N–H and O–H groups in total. The Bertz CT molecular complexity index is 527. The van der Waals surface area contributed by atoms with E-state index in [1.807, 2.05) is 19.1 Å². The Balaban J connectivity index is 2.35. The van der Waals surface area contributed by atoms with Crippen molar-refractivity contribution in [3.63, 3.8) is 0 Å². The molecule has 0 heterocycles. The summed E-state index contributed by atoms with van der Waals surface area (Å²) in [4.78, 5) is 0. The van der Waals surface area contributed by atoms with Crippen LogP contribution in [0.1, 0.15) is 51.0 Å². The van der Waals surface area contributed by atoms with Crippen LogP contribution in [0.4, 0.5) is 11.4 Å². The summed E-state index contributed by atoms with van der Waals surface area (Å²) in [5, 5.41) is 3.39. The van der Waals surface area contributed by atoms with Crippen molar-refractivity contribution in [3.8, 4) is 0 Å². The minimum absolute atomic E-state index is 0.641. The van der Waals surface area contributed by atoms with Crippen LogP contribution in [0.3, 0.4) is 0 Å². The van der Waals surface area contributed by atoms with Gasteiger partial charge in [0.25, 0.3) is 0 Å². The third-order valence-corrected chi connectivity index (χ3v) is 3.97. The third kappa shape index (κ3) is 7.95. The monoisotopic (exact) mass is 312 g/mol. The first-order chi connectivity index (χ1) is 9.92. The Morgan fingerprint density at radius 1 is 1.05 bits per heavy atom. The molecular formula is C16H28N2O2S. The zero-order valence-corrected chi connectivity index (χ0v) is 14.2. The summed E-state index contributed by atoms with van der Waals surface area (Å²) in [6, 6.07) is 5.70. The summed E-state index contributed by atoms with van der Waals surface area (Å²) in [6.45, 7) is 5.10. The number of benzene rings is 1. The second-order valence-electron chi connectivity index (χ2n) is 5.60. The number of hydrogen-bond acceptors (Lipinski definition) is 3. The van der Waals surface area contributed by atoms with Crippen LogP contribution in [0.2, 0.25) is 0 Å². The van der Waals surface area contributed by atoms with Crippen LogP contribution in [0.5, 0.6) is 0 Å². The predicted octanol–water partition coefficient (Wildman–Crippen LogP) is 4.14. The quantitative estimate of drug-likeness (QED) is 0.638. The van der Waals surface area contributed by atoms with Gasteiger partial charge in [0, 0.05) is 12.2 Å². The molecule has 0 aliphatic heterocycles. The average molecular weight is 312 g/mol. The highest BCUT2D eigenvalue weighted by Gasteiger charge is 2.05. The molecule has 0 unspecified atom stereocenters. The Hall–Kier alpha value is -1.23. The molecule has 5 heteroatoms. The normalized spacial score (nSPS) is 11.4. The second-order valence-corrected chi connectivity index (χ2v) is 7.35. The largest absolute Gasteiger partial charge is 0.385 e. The lowest BCUT2D eigenvalue weighted by Crippen LogP contribution is -2.11. The van der Waals surface area contributed by atoms with Crippen LogP contribution in [-0.2, 0) is 10.0 Å². The van der Waals surface area contributed by atoms with Gasteiger partial charge in [-0.15, -0.1) is 0 Å². The Kier molecular flexibility index (Phi) is 7.57. The number of hydrogen-bond donors (Lipinski definition) is 2. The molecule has 0 amide bonds. The molecule has 0 bridgehead atoms.